The highest BCUT2D eigenvalue weighted by atomic mass is 79.9. The second kappa shape index (κ2) is 9.13. The predicted octanol–water partition coefficient (Wildman–Crippen LogP) is 4.13. The molecular formula is C22H17BrO8. The molecule has 0 radical (unpaired) electrons. The fraction of sp³-hybridized carbons (Fsp3) is 0.182. The number of hydrogen-bond donors (Lipinski definition) is 0. The molecule has 0 atom stereocenters. The van der Waals surface area contributed by atoms with Crippen LogP contribution in [0.15, 0.2) is 45.6 Å². The number of halogens is 1. The summed E-state index contributed by atoms with van der Waals surface area (Å²) in [5, 5.41) is 0.878. The summed E-state index contributed by atoms with van der Waals surface area (Å²) >= 11 is 3.40. The maximum atomic E-state index is 12.9. The van der Waals surface area contributed by atoms with Crippen LogP contribution < -0.4 is 19.8 Å². The minimum absolute atomic E-state index is 0.0385. The molecule has 0 N–H and O–H groups in total. The van der Waals surface area contributed by atoms with Gasteiger partial charge in [0, 0.05) is 49.2 Å². The molecule has 0 aliphatic heterocycles. The molecule has 1 aromatic heterocycles. The van der Waals surface area contributed by atoms with Crippen molar-refractivity contribution in [2.45, 2.75) is 26.1 Å². The number of carbonyl (C=O) groups excluding carboxylic acids is 3. The van der Waals surface area contributed by atoms with E-state index in [9.17, 15) is 19.2 Å². The van der Waals surface area contributed by atoms with Crippen molar-refractivity contribution in [3.8, 4) is 28.4 Å². The zero-order valence-corrected chi connectivity index (χ0v) is 18.4. The van der Waals surface area contributed by atoms with Crippen LogP contribution in [-0.4, -0.2) is 17.9 Å². The first-order valence-corrected chi connectivity index (χ1v) is 10.2. The molecule has 8 nitrogen and oxygen atoms in total. The van der Waals surface area contributed by atoms with Gasteiger partial charge in [0.25, 0.3) is 0 Å². The van der Waals surface area contributed by atoms with Crippen molar-refractivity contribution in [3.63, 3.8) is 0 Å². The van der Waals surface area contributed by atoms with Gasteiger partial charge in [-0.15, -0.1) is 0 Å². The summed E-state index contributed by atoms with van der Waals surface area (Å²) in [6.07, 6.45) is 0. The lowest BCUT2D eigenvalue weighted by Gasteiger charge is -2.14. The van der Waals surface area contributed by atoms with E-state index in [1.165, 1.54) is 45.0 Å². The first-order chi connectivity index (χ1) is 14.7. The molecule has 0 saturated carbocycles. The van der Waals surface area contributed by atoms with Crippen molar-refractivity contribution in [2.24, 2.45) is 0 Å². The molecule has 0 spiro atoms. The maximum absolute atomic E-state index is 12.9. The molecule has 0 aliphatic carbocycles. The zero-order chi connectivity index (χ0) is 22.7. The van der Waals surface area contributed by atoms with E-state index in [0.717, 1.165) is 0 Å². The molecule has 31 heavy (non-hydrogen) atoms. The summed E-state index contributed by atoms with van der Waals surface area (Å²) in [7, 11) is 0. The van der Waals surface area contributed by atoms with Gasteiger partial charge in [-0.3, -0.25) is 14.4 Å². The van der Waals surface area contributed by atoms with Gasteiger partial charge in [0.1, 0.15) is 22.8 Å². The van der Waals surface area contributed by atoms with E-state index in [2.05, 4.69) is 15.9 Å². The summed E-state index contributed by atoms with van der Waals surface area (Å²) in [4.78, 5) is 47.0. The lowest BCUT2D eigenvalue weighted by Crippen LogP contribution is -2.11. The van der Waals surface area contributed by atoms with Gasteiger partial charge in [0.15, 0.2) is 0 Å². The Balaban J connectivity index is 2.25. The van der Waals surface area contributed by atoms with Gasteiger partial charge in [-0.25, -0.2) is 4.79 Å². The van der Waals surface area contributed by atoms with Gasteiger partial charge in [0.2, 0.25) is 0 Å². The number of alkyl halides is 1. The Morgan fingerprint density at radius 2 is 1.45 bits per heavy atom. The Hall–Kier alpha value is -3.46. The third kappa shape index (κ3) is 5.00. The number of esters is 3. The van der Waals surface area contributed by atoms with Crippen molar-refractivity contribution in [3.05, 3.63) is 52.4 Å². The highest BCUT2D eigenvalue weighted by Gasteiger charge is 2.21. The molecule has 0 saturated heterocycles. The first kappa shape index (κ1) is 22.2. The quantitative estimate of drug-likeness (QED) is 0.228. The number of hydrogen-bond acceptors (Lipinski definition) is 8. The maximum Gasteiger partial charge on any atom is 0.344 e. The Morgan fingerprint density at radius 3 is 2.03 bits per heavy atom. The lowest BCUT2D eigenvalue weighted by molar-refractivity contribution is -0.133. The van der Waals surface area contributed by atoms with E-state index in [1.807, 2.05) is 0 Å². The molecule has 0 bridgehead atoms. The first-order valence-electron chi connectivity index (χ1n) is 9.05. The van der Waals surface area contributed by atoms with E-state index in [-0.39, 0.29) is 33.7 Å². The molecule has 2 aromatic carbocycles. The molecule has 160 valence electrons. The summed E-state index contributed by atoms with van der Waals surface area (Å²) < 4.78 is 20.8. The fourth-order valence-electron chi connectivity index (χ4n) is 3.06. The SMILES string of the molecule is CC(=O)Oc1ccc(-c2c(CBr)c3ccc(OC(C)=O)cc3oc2=O)c(OC(C)=O)c1. The minimum atomic E-state index is -0.685. The van der Waals surface area contributed by atoms with Crippen molar-refractivity contribution >= 4 is 44.8 Å². The summed E-state index contributed by atoms with van der Waals surface area (Å²) in [6, 6.07) is 9.03. The van der Waals surface area contributed by atoms with Gasteiger partial charge >= 0.3 is 23.5 Å². The van der Waals surface area contributed by atoms with E-state index >= 15 is 0 Å². The number of ether oxygens (including phenoxy) is 3. The predicted molar refractivity (Wildman–Crippen MR) is 114 cm³/mol. The van der Waals surface area contributed by atoms with E-state index in [1.54, 1.807) is 12.1 Å². The molecule has 3 aromatic rings. The monoisotopic (exact) mass is 488 g/mol. The molecule has 0 fully saturated rings. The largest absolute Gasteiger partial charge is 0.427 e. The molecule has 0 unspecified atom stereocenters. The van der Waals surface area contributed by atoms with Crippen LogP contribution in [0.3, 0.4) is 0 Å². The number of carbonyl (C=O) groups is 3. The van der Waals surface area contributed by atoms with E-state index in [0.29, 0.717) is 16.5 Å². The zero-order valence-electron chi connectivity index (χ0n) is 16.8. The highest BCUT2D eigenvalue weighted by molar-refractivity contribution is 9.08. The second-order valence-corrected chi connectivity index (χ2v) is 7.03. The Bertz CT molecular complexity index is 1260. The Kier molecular flexibility index (Phi) is 6.55. The fourth-order valence-corrected chi connectivity index (χ4v) is 3.65. The van der Waals surface area contributed by atoms with Crippen LogP contribution in [0.1, 0.15) is 26.3 Å². The number of benzene rings is 2. The third-order valence-corrected chi connectivity index (χ3v) is 4.68. The smallest absolute Gasteiger partial charge is 0.344 e. The van der Waals surface area contributed by atoms with E-state index in [4.69, 9.17) is 18.6 Å². The highest BCUT2D eigenvalue weighted by Crippen LogP contribution is 2.37. The topological polar surface area (TPSA) is 109 Å². The van der Waals surface area contributed by atoms with Crippen LogP contribution in [0.25, 0.3) is 22.1 Å². The molecule has 0 aliphatic rings. The molecular weight excluding hydrogens is 472 g/mol. The third-order valence-electron chi connectivity index (χ3n) is 4.12. The van der Waals surface area contributed by atoms with Gasteiger partial charge in [-0.1, -0.05) is 15.9 Å². The van der Waals surface area contributed by atoms with Crippen molar-refractivity contribution in [2.75, 3.05) is 0 Å². The van der Waals surface area contributed by atoms with Crippen molar-refractivity contribution in [1.29, 1.82) is 0 Å². The summed E-state index contributed by atoms with van der Waals surface area (Å²) in [6.45, 7) is 3.72. The van der Waals surface area contributed by atoms with Gasteiger partial charge in [-0.05, 0) is 29.8 Å². The average molecular weight is 489 g/mol. The number of fused-ring (bicyclic) bond motifs is 1. The van der Waals surface area contributed by atoms with Crippen LogP contribution in [0, 0.1) is 0 Å². The van der Waals surface area contributed by atoms with Crippen LogP contribution in [-0.2, 0) is 19.7 Å². The van der Waals surface area contributed by atoms with Crippen molar-refractivity contribution in [1.82, 2.24) is 0 Å². The normalized spacial score (nSPS) is 10.6. The van der Waals surface area contributed by atoms with Gasteiger partial charge in [-0.2, -0.15) is 0 Å². The van der Waals surface area contributed by atoms with Crippen LogP contribution >= 0.6 is 15.9 Å². The molecule has 9 heteroatoms. The van der Waals surface area contributed by atoms with Crippen LogP contribution in [0.5, 0.6) is 17.2 Å². The Morgan fingerprint density at radius 1 is 0.871 bits per heavy atom. The summed E-state index contributed by atoms with van der Waals surface area (Å²) in [5.41, 5.74) is 0.591. The van der Waals surface area contributed by atoms with Crippen LogP contribution in [0.2, 0.25) is 0 Å². The van der Waals surface area contributed by atoms with Gasteiger partial charge in [0.05, 0.1) is 5.56 Å². The average Bonchev–Trinajstić information content (AvgIpc) is 2.66. The van der Waals surface area contributed by atoms with Crippen molar-refractivity contribution < 1.29 is 33.0 Å². The minimum Gasteiger partial charge on any atom is -0.427 e. The second-order valence-electron chi connectivity index (χ2n) is 6.47. The van der Waals surface area contributed by atoms with Crippen LogP contribution in [0.4, 0.5) is 0 Å². The van der Waals surface area contributed by atoms with E-state index < -0.39 is 23.5 Å². The lowest BCUT2D eigenvalue weighted by atomic mass is 9.98. The molecule has 3 rings (SSSR count). The number of rotatable bonds is 5. The standard InChI is InChI=1S/C22H17BrO8/c1-11(24)28-14-4-6-16-18(10-23)21(22(27)31-19(16)8-14)17-7-5-15(29-12(2)25)9-20(17)30-13(3)26/h4-9H,10H2,1-3H3. The summed E-state index contributed by atoms with van der Waals surface area (Å²) in [5.74, 6) is -1.23. The Labute approximate surface area is 184 Å². The molecule has 1 heterocycles. The molecule has 0 amide bonds. The van der Waals surface area contributed by atoms with Gasteiger partial charge < -0.3 is 18.6 Å².